The number of nitrogens with one attached hydrogen (secondary N) is 2. The number of aliphatic imine (C=N–C) groups is 1. The SMILES string of the molecule is CN=C(NCCOc1ccc(Br)cc1)NCc1cccs1. The predicted octanol–water partition coefficient (Wildman–Crippen LogP) is 3.25. The van der Waals surface area contributed by atoms with E-state index in [-0.39, 0.29) is 0 Å². The molecule has 0 saturated carbocycles. The van der Waals surface area contributed by atoms with Crippen LogP contribution in [0, 0.1) is 0 Å². The first-order valence-electron chi connectivity index (χ1n) is 6.63. The maximum Gasteiger partial charge on any atom is 0.191 e. The predicted molar refractivity (Wildman–Crippen MR) is 92.2 cm³/mol. The number of ether oxygens (including phenoxy) is 1. The number of hydrogen-bond donors (Lipinski definition) is 2. The Hall–Kier alpha value is -1.53. The molecule has 21 heavy (non-hydrogen) atoms. The van der Waals surface area contributed by atoms with Gasteiger partial charge in [-0.1, -0.05) is 22.0 Å². The molecule has 2 N–H and O–H groups in total. The molecular weight excluding hydrogens is 350 g/mol. The maximum absolute atomic E-state index is 5.64. The second-order valence-electron chi connectivity index (χ2n) is 4.23. The van der Waals surface area contributed by atoms with Crippen LogP contribution < -0.4 is 15.4 Å². The molecule has 0 saturated heterocycles. The molecule has 0 bridgehead atoms. The summed E-state index contributed by atoms with van der Waals surface area (Å²) < 4.78 is 6.69. The Balaban J connectivity index is 1.65. The molecule has 0 atom stereocenters. The average Bonchev–Trinajstić information content (AvgIpc) is 3.02. The normalized spacial score (nSPS) is 11.2. The van der Waals surface area contributed by atoms with Crippen molar-refractivity contribution in [3.05, 3.63) is 51.1 Å². The van der Waals surface area contributed by atoms with Crippen molar-refractivity contribution >= 4 is 33.2 Å². The van der Waals surface area contributed by atoms with E-state index in [0.29, 0.717) is 13.2 Å². The van der Waals surface area contributed by atoms with Crippen molar-refractivity contribution in [2.24, 2.45) is 4.99 Å². The second kappa shape index (κ2) is 8.69. The minimum Gasteiger partial charge on any atom is -0.492 e. The van der Waals surface area contributed by atoms with Gasteiger partial charge in [0, 0.05) is 16.4 Å². The molecule has 1 heterocycles. The summed E-state index contributed by atoms with van der Waals surface area (Å²) in [4.78, 5) is 5.46. The Bertz CT molecular complexity index is 555. The fourth-order valence-electron chi connectivity index (χ4n) is 1.67. The summed E-state index contributed by atoms with van der Waals surface area (Å²) >= 11 is 5.13. The van der Waals surface area contributed by atoms with E-state index in [1.54, 1.807) is 18.4 Å². The van der Waals surface area contributed by atoms with E-state index in [1.807, 2.05) is 30.3 Å². The van der Waals surface area contributed by atoms with Crippen LogP contribution in [0.25, 0.3) is 0 Å². The van der Waals surface area contributed by atoms with E-state index in [1.165, 1.54) is 4.88 Å². The summed E-state index contributed by atoms with van der Waals surface area (Å²) in [6.45, 7) is 2.06. The quantitative estimate of drug-likeness (QED) is 0.467. The number of benzene rings is 1. The van der Waals surface area contributed by atoms with Gasteiger partial charge in [-0.3, -0.25) is 4.99 Å². The van der Waals surface area contributed by atoms with Crippen LogP contribution in [0.15, 0.2) is 51.2 Å². The van der Waals surface area contributed by atoms with Crippen LogP contribution in [0.1, 0.15) is 4.88 Å². The molecule has 0 amide bonds. The molecule has 0 aliphatic carbocycles. The van der Waals surface area contributed by atoms with Crippen molar-refractivity contribution in [2.75, 3.05) is 20.2 Å². The van der Waals surface area contributed by atoms with Gasteiger partial charge in [0.2, 0.25) is 0 Å². The number of rotatable bonds is 6. The summed E-state index contributed by atoms with van der Waals surface area (Å²) in [5.74, 6) is 1.64. The highest BCUT2D eigenvalue weighted by Gasteiger charge is 1.99. The van der Waals surface area contributed by atoms with Gasteiger partial charge in [0.05, 0.1) is 13.1 Å². The zero-order valence-corrected chi connectivity index (χ0v) is 14.2. The summed E-state index contributed by atoms with van der Waals surface area (Å²) in [6, 6.07) is 11.9. The van der Waals surface area contributed by atoms with Gasteiger partial charge in [0.1, 0.15) is 12.4 Å². The standard InChI is InChI=1S/C15H18BrN3OS/c1-17-15(19-11-14-3-2-10-21-14)18-8-9-20-13-6-4-12(16)5-7-13/h2-7,10H,8-9,11H2,1H3,(H2,17,18,19). The van der Waals surface area contributed by atoms with Crippen LogP contribution in [-0.4, -0.2) is 26.2 Å². The van der Waals surface area contributed by atoms with Crippen molar-refractivity contribution in [1.29, 1.82) is 0 Å². The number of halogens is 1. The molecule has 0 spiro atoms. The Kier molecular flexibility index (Phi) is 6.56. The summed E-state index contributed by atoms with van der Waals surface area (Å²) in [5.41, 5.74) is 0. The number of nitrogens with zero attached hydrogens (tertiary/aromatic N) is 1. The lowest BCUT2D eigenvalue weighted by Crippen LogP contribution is -2.38. The molecule has 0 aliphatic rings. The Morgan fingerprint density at radius 2 is 2.05 bits per heavy atom. The average molecular weight is 368 g/mol. The summed E-state index contributed by atoms with van der Waals surface area (Å²) in [7, 11) is 1.76. The highest BCUT2D eigenvalue weighted by atomic mass is 79.9. The zero-order valence-electron chi connectivity index (χ0n) is 11.8. The van der Waals surface area contributed by atoms with Crippen molar-refractivity contribution in [1.82, 2.24) is 10.6 Å². The lowest BCUT2D eigenvalue weighted by Gasteiger charge is -2.12. The van der Waals surface area contributed by atoms with Gasteiger partial charge in [-0.05, 0) is 35.7 Å². The van der Waals surface area contributed by atoms with Gasteiger partial charge >= 0.3 is 0 Å². The molecule has 1 aromatic heterocycles. The van der Waals surface area contributed by atoms with Crippen molar-refractivity contribution < 1.29 is 4.74 Å². The van der Waals surface area contributed by atoms with Gasteiger partial charge in [-0.25, -0.2) is 0 Å². The van der Waals surface area contributed by atoms with Gasteiger partial charge < -0.3 is 15.4 Å². The smallest absolute Gasteiger partial charge is 0.191 e. The first-order chi connectivity index (χ1) is 10.3. The molecular formula is C15H18BrN3OS. The topological polar surface area (TPSA) is 45.7 Å². The molecule has 6 heteroatoms. The van der Waals surface area contributed by atoms with Crippen LogP contribution >= 0.6 is 27.3 Å². The van der Waals surface area contributed by atoms with E-state index in [0.717, 1.165) is 22.7 Å². The van der Waals surface area contributed by atoms with E-state index in [2.05, 4.69) is 43.0 Å². The second-order valence-corrected chi connectivity index (χ2v) is 6.18. The van der Waals surface area contributed by atoms with E-state index in [4.69, 9.17) is 4.74 Å². The van der Waals surface area contributed by atoms with Gasteiger partial charge in [-0.2, -0.15) is 0 Å². The molecule has 0 aliphatic heterocycles. The maximum atomic E-state index is 5.64. The Morgan fingerprint density at radius 3 is 2.71 bits per heavy atom. The fourth-order valence-corrected chi connectivity index (χ4v) is 2.58. The number of guanidine groups is 1. The Labute approximate surface area is 137 Å². The fraction of sp³-hybridized carbons (Fsp3) is 0.267. The van der Waals surface area contributed by atoms with Crippen molar-refractivity contribution in [3.63, 3.8) is 0 Å². The third kappa shape index (κ3) is 5.77. The lowest BCUT2D eigenvalue weighted by atomic mass is 10.3. The van der Waals surface area contributed by atoms with Crippen LogP contribution in [0.4, 0.5) is 0 Å². The van der Waals surface area contributed by atoms with E-state index < -0.39 is 0 Å². The summed E-state index contributed by atoms with van der Waals surface area (Å²) in [6.07, 6.45) is 0. The highest BCUT2D eigenvalue weighted by molar-refractivity contribution is 9.10. The van der Waals surface area contributed by atoms with Gasteiger partial charge in [-0.15, -0.1) is 11.3 Å². The number of thiophene rings is 1. The van der Waals surface area contributed by atoms with Gasteiger partial charge in [0.25, 0.3) is 0 Å². The lowest BCUT2D eigenvalue weighted by molar-refractivity contribution is 0.322. The van der Waals surface area contributed by atoms with Crippen LogP contribution in [-0.2, 0) is 6.54 Å². The van der Waals surface area contributed by atoms with Crippen molar-refractivity contribution in [2.45, 2.75) is 6.54 Å². The first kappa shape index (κ1) is 15.9. The first-order valence-corrected chi connectivity index (χ1v) is 8.30. The molecule has 0 fully saturated rings. The molecule has 2 aromatic rings. The Morgan fingerprint density at radius 1 is 1.24 bits per heavy atom. The minimum absolute atomic E-state index is 0.585. The van der Waals surface area contributed by atoms with E-state index in [9.17, 15) is 0 Å². The number of hydrogen-bond acceptors (Lipinski definition) is 3. The summed E-state index contributed by atoms with van der Waals surface area (Å²) in [5, 5.41) is 8.56. The zero-order chi connectivity index (χ0) is 14.9. The molecule has 0 unspecified atom stereocenters. The third-order valence-electron chi connectivity index (χ3n) is 2.71. The molecule has 2 rings (SSSR count). The van der Waals surface area contributed by atoms with Crippen LogP contribution in [0.3, 0.4) is 0 Å². The molecule has 0 radical (unpaired) electrons. The van der Waals surface area contributed by atoms with Crippen LogP contribution in [0.5, 0.6) is 5.75 Å². The monoisotopic (exact) mass is 367 g/mol. The third-order valence-corrected chi connectivity index (χ3v) is 4.12. The van der Waals surface area contributed by atoms with Crippen LogP contribution in [0.2, 0.25) is 0 Å². The minimum atomic E-state index is 0.585. The highest BCUT2D eigenvalue weighted by Crippen LogP contribution is 2.15. The molecule has 1 aromatic carbocycles. The van der Waals surface area contributed by atoms with Gasteiger partial charge in [0.15, 0.2) is 5.96 Å². The van der Waals surface area contributed by atoms with E-state index >= 15 is 0 Å². The molecule has 112 valence electrons. The molecule has 4 nitrogen and oxygen atoms in total. The largest absolute Gasteiger partial charge is 0.492 e. The van der Waals surface area contributed by atoms with Crippen molar-refractivity contribution in [3.8, 4) is 5.75 Å².